The lowest BCUT2D eigenvalue weighted by Gasteiger charge is -2.28. The van der Waals surface area contributed by atoms with Crippen LogP contribution in [0.2, 0.25) is 10.0 Å². The fourth-order valence-electron chi connectivity index (χ4n) is 5.71. The molecule has 0 saturated heterocycles. The third-order valence-electron chi connectivity index (χ3n) is 8.61. The summed E-state index contributed by atoms with van der Waals surface area (Å²) < 4.78 is 66.0. The van der Waals surface area contributed by atoms with Crippen molar-refractivity contribution in [2.24, 2.45) is 0 Å². The van der Waals surface area contributed by atoms with Gasteiger partial charge in [-0.3, -0.25) is 4.57 Å². The van der Waals surface area contributed by atoms with E-state index >= 15 is 4.39 Å². The molecule has 0 unspecified atom stereocenters. The number of hydrogen-bond donors (Lipinski definition) is 1. The maximum Gasteiger partial charge on any atom is 0.241 e. The van der Waals surface area contributed by atoms with E-state index in [4.69, 9.17) is 27.9 Å². The number of aliphatic carboxylic acids is 1. The van der Waals surface area contributed by atoms with E-state index < -0.39 is 44.0 Å². The number of aryl methyl sites for hydroxylation is 1. The highest BCUT2D eigenvalue weighted by Crippen LogP contribution is 2.38. The highest BCUT2D eigenvalue weighted by atomic mass is 35.5. The predicted octanol–water partition coefficient (Wildman–Crippen LogP) is 5.85. The zero-order chi connectivity index (χ0) is 37.0. The number of rotatable bonds is 16. The van der Waals surface area contributed by atoms with Gasteiger partial charge in [0.05, 0.1) is 62.4 Å². The average Bonchev–Trinajstić information content (AvgIpc) is 3.46. The molecule has 9 nitrogen and oxygen atoms in total. The van der Waals surface area contributed by atoms with Crippen LogP contribution in [0.15, 0.2) is 65.7 Å². The van der Waals surface area contributed by atoms with Gasteiger partial charge in [0, 0.05) is 34.3 Å². The van der Waals surface area contributed by atoms with E-state index in [1.165, 1.54) is 19.2 Å². The summed E-state index contributed by atoms with van der Waals surface area (Å²) in [5, 5.41) is 12.1. The molecule has 0 fully saturated rings. The Morgan fingerprint density at radius 2 is 1.70 bits per heavy atom. The van der Waals surface area contributed by atoms with E-state index in [0.29, 0.717) is 39.6 Å². The molecule has 1 heterocycles. The van der Waals surface area contributed by atoms with Gasteiger partial charge in [-0.25, -0.2) is 26.9 Å². The number of quaternary nitrogens is 1. The van der Waals surface area contributed by atoms with Crippen molar-refractivity contribution in [3.05, 3.63) is 105 Å². The van der Waals surface area contributed by atoms with Crippen molar-refractivity contribution < 1.29 is 36.3 Å². The van der Waals surface area contributed by atoms with E-state index in [-0.39, 0.29) is 29.8 Å². The molecular weight excluding hydrogens is 709 g/mol. The van der Waals surface area contributed by atoms with E-state index in [2.05, 4.69) is 9.71 Å². The fraction of sp³-hybridized carbons (Fsp3) is 0.389. The van der Waals surface area contributed by atoms with Gasteiger partial charge in [0.1, 0.15) is 23.2 Å². The van der Waals surface area contributed by atoms with Crippen LogP contribution in [0.25, 0.3) is 5.69 Å². The fourth-order valence-corrected chi connectivity index (χ4v) is 7.53. The van der Waals surface area contributed by atoms with Gasteiger partial charge in [-0.1, -0.05) is 43.1 Å². The van der Waals surface area contributed by atoms with Crippen molar-refractivity contribution in [1.29, 1.82) is 0 Å². The lowest BCUT2D eigenvalue weighted by atomic mass is 9.81. The van der Waals surface area contributed by atoms with Crippen molar-refractivity contribution in [1.82, 2.24) is 14.3 Å². The molecule has 1 atom stereocenters. The molecule has 1 N–H and O–H groups in total. The minimum atomic E-state index is -4.46. The Morgan fingerprint density at radius 1 is 1.02 bits per heavy atom. The summed E-state index contributed by atoms with van der Waals surface area (Å²) in [7, 11) is 3.07. The number of carbonyl (C=O) groups is 1. The lowest BCUT2D eigenvalue weighted by molar-refractivity contribution is -0.870. The minimum absolute atomic E-state index is 0.0148. The number of nitrogens with zero attached hydrogens (tertiary/aromatic N) is 3. The van der Waals surface area contributed by atoms with Gasteiger partial charge in [-0.2, -0.15) is 0 Å². The van der Waals surface area contributed by atoms with Crippen LogP contribution in [0.4, 0.5) is 8.78 Å². The van der Waals surface area contributed by atoms with E-state index in [0.717, 1.165) is 29.9 Å². The number of carboxylic acids is 1. The smallest absolute Gasteiger partial charge is 0.241 e. The van der Waals surface area contributed by atoms with Gasteiger partial charge in [-0.15, -0.1) is 0 Å². The molecule has 50 heavy (non-hydrogen) atoms. The standard InChI is InChI=1S/C36H42Cl2F2N4O5S/c1-36(2,23-10-16-28(37)32(19-23)49-6)33-22-41-34(43(33)25-13-11-24(39)12-14-25)17-15-27-29(38)20-26(21-30(27)40)50(47,48)42-31(35(45)46)9-7-8-18-44(3,4)5/h10-14,16,19-22,31,42H,7-9,15,17-18H2,1-6H3/t31-/m0/s1. The second-order valence-electron chi connectivity index (χ2n) is 13.7. The molecule has 0 aliphatic heterocycles. The maximum atomic E-state index is 15.6. The summed E-state index contributed by atoms with van der Waals surface area (Å²) in [6, 6.07) is 11.8. The Kier molecular flexibility index (Phi) is 12.4. The number of halogens is 4. The summed E-state index contributed by atoms with van der Waals surface area (Å²) in [6.45, 7) is 4.77. The third-order valence-corrected chi connectivity index (χ3v) is 10.7. The first kappa shape index (κ1) is 39.2. The molecule has 3 aromatic carbocycles. The van der Waals surface area contributed by atoms with Crippen LogP contribution >= 0.6 is 23.2 Å². The average molecular weight is 752 g/mol. The van der Waals surface area contributed by atoms with Gasteiger partial charge >= 0.3 is 0 Å². The zero-order valence-corrected chi connectivity index (χ0v) is 31.2. The first-order valence-electron chi connectivity index (χ1n) is 16.0. The number of imidazole rings is 1. The number of carbonyl (C=O) groups excluding carboxylic acids is 1. The number of nitrogens with one attached hydrogen (secondary N) is 1. The molecule has 0 spiro atoms. The Balaban J connectivity index is 1.61. The molecule has 4 aromatic rings. The number of benzene rings is 3. The highest BCUT2D eigenvalue weighted by molar-refractivity contribution is 7.89. The number of hydrogen-bond acceptors (Lipinski definition) is 6. The highest BCUT2D eigenvalue weighted by Gasteiger charge is 2.31. The van der Waals surface area contributed by atoms with Gasteiger partial charge in [-0.05, 0) is 79.8 Å². The normalized spacial score (nSPS) is 13.0. The lowest BCUT2D eigenvalue weighted by Crippen LogP contribution is -2.47. The number of sulfonamides is 1. The Morgan fingerprint density at radius 3 is 2.30 bits per heavy atom. The van der Waals surface area contributed by atoms with Gasteiger partial charge in [0.15, 0.2) is 0 Å². The second-order valence-corrected chi connectivity index (χ2v) is 16.2. The summed E-state index contributed by atoms with van der Waals surface area (Å²) in [6.07, 6.45) is 3.07. The van der Waals surface area contributed by atoms with Crippen LogP contribution in [0, 0.1) is 11.6 Å². The van der Waals surface area contributed by atoms with Crippen molar-refractivity contribution in [3.8, 4) is 11.4 Å². The van der Waals surface area contributed by atoms with Gasteiger partial charge in [0.2, 0.25) is 10.0 Å². The van der Waals surface area contributed by atoms with Gasteiger partial charge in [0.25, 0.3) is 0 Å². The first-order valence-corrected chi connectivity index (χ1v) is 18.3. The summed E-state index contributed by atoms with van der Waals surface area (Å²) in [4.78, 5) is 15.9. The van der Waals surface area contributed by atoms with E-state index in [9.17, 15) is 22.7 Å². The molecule has 0 bridgehead atoms. The van der Waals surface area contributed by atoms with Crippen molar-refractivity contribution >= 4 is 39.2 Å². The molecule has 270 valence electrons. The molecule has 0 aliphatic rings. The zero-order valence-electron chi connectivity index (χ0n) is 28.9. The molecule has 4 rings (SSSR count). The van der Waals surface area contributed by atoms with Crippen LogP contribution in [0.3, 0.4) is 0 Å². The number of ether oxygens (including phenoxy) is 1. The minimum Gasteiger partial charge on any atom is -0.548 e. The Bertz CT molecular complexity index is 1920. The molecule has 0 saturated carbocycles. The molecule has 1 aromatic heterocycles. The molecule has 0 aliphatic carbocycles. The maximum absolute atomic E-state index is 15.6. The SMILES string of the molecule is COc1cc(C(C)(C)c2cnc(CCc3c(F)cc(S(=O)(=O)N[C@@H](CCCC[N+](C)(C)C)C(=O)[O-])cc3Cl)n2-c2ccc(F)cc2)ccc1Cl. The van der Waals surface area contributed by atoms with Crippen molar-refractivity contribution in [3.63, 3.8) is 0 Å². The Hall–Kier alpha value is -3.55. The van der Waals surface area contributed by atoms with Crippen LogP contribution in [0.5, 0.6) is 5.75 Å². The van der Waals surface area contributed by atoms with Crippen molar-refractivity contribution in [2.75, 3.05) is 34.8 Å². The number of aromatic nitrogens is 2. The number of unbranched alkanes of at least 4 members (excludes halogenated alkanes) is 1. The van der Waals surface area contributed by atoms with E-state index in [1.54, 1.807) is 24.4 Å². The van der Waals surface area contributed by atoms with Crippen LogP contribution in [-0.4, -0.2) is 69.3 Å². The largest absolute Gasteiger partial charge is 0.548 e. The first-order chi connectivity index (χ1) is 23.3. The molecule has 0 amide bonds. The Labute approximate surface area is 302 Å². The van der Waals surface area contributed by atoms with E-state index in [1.807, 2.05) is 51.7 Å². The summed E-state index contributed by atoms with van der Waals surface area (Å²) >= 11 is 12.8. The quantitative estimate of drug-likeness (QED) is 0.114. The molecular formula is C36H42Cl2F2N4O5S. The van der Waals surface area contributed by atoms with Gasteiger partial charge < -0.3 is 19.1 Å². The van der Waals surface area contributed by atoms with Crippen LogP contribution < -0.4 is 14.6 Å². The molecule has 0 radical (unpaired) electrons. The third kappa shape index (κ3) is 9.41. The topological polar surface area (TPSA) is 113 Å². The van der Waals surface area contributed by atoms with Crippen LogP contribution in [-0.2, 0) is 33.1 Å². The number of carboxylic acid groups (broad SMARTS) is 1. The predicted molar refractivity (Wildman–Crippen MR) is 188 cm³/mol. The second kappa shape index (κ2) is 15.8. The monoisotopic (exact) mass is 750 g/mol. The summed E-state index contributed by atoms with van der Waals surface area (Å²) in [5.41, 5.74) is 1.65. The number of methoxy groups -OCH3 is 1. The van der Waals surface area contributed by atoms with Crippen LogP contribution in [0.1, 0.15) is 55.8 Å². The van der Waals surface area contributed by atoms with Crippen molar-refractivity contribution in [2.45, 2.75) is 62.3 Å². The molecule has 14 heteroatoms. The summed E-state index contributed by atoms with van der Waals surface area (Å²) in [5.74, 6) is -1.84.